The van der Waals surface area contributed by atoms with Gasteiger partial charge in [0.25, 0.3) is 0 Å². The topological polar surface area (TPSA) is 49.3 Å². The van der Waals surface area contributed by atoms with Gasteiger partial charge in [0.05, 0.1) is 6.10 Å². The number of hydrogen-bond donors (Lipinski definition) is 2. The number of carbonyl (C=O) groups excluding carboxylic acids is 1. The van der Waals surface area contributed by atoms with Gasteiger partial charge in [-0.15, -0.1) is 11.3 Å². The first kappa shape index (κ1) is 15.2. The molecule has 0 aliphatic heterocycles. The van der Waals surface area contributed by atoms with Crippen molar-refractivity contribution in [2.75, 3.05) is 6.54 Å². The third-order valence-electron chi connectivity index (χ3n) is 2.92. The lowest BCUT2D eigenvalue weighted by Crippen LogP contribution is -2.32. The maximum atomic E-state index is 11.6. The zero-order valence-electron chi connectivity index (χ0n) is 11.4. The van der Waals surface area contributed by atoms with Crippen LogP contribution in [0.25, 0.3) is 0 Å². The number of carbonyl (C=O) groups is 1. The lowest BCUT2D eigenvalue weighted by molar-refractivity contribution is -0.121. The van der Waals surface area contributed by atoms with E-state index in [1.807, 2.05) is 38.3 Å². The highest BCUT2D eigenvalue weighted by atomic mass is 32.1. The summed E-state index contributed by atoms with van der Waals surface area (Å²) in [5.41, 5.74) is -0.123. The molecule has 1 aromatic heterocycles. The summed E-state index contributed by atoms with van der Waals surface area (Å²) in [5.74, 6) is 0.0597. The molecule has 2 N–H and O–H groups in total. The third kappa shape index (κ3) is 5.65. The maximum absolute atomic E-state index is 11.6. The van der Waals surface area contributed by atoms with Crippen molar-refractivity contribution in [3.05, 3.63) is 22.4 Å². The first-order valence-electron chi connectivity index (χ1n) is 6.37. The van der Waals surface area contributed by atoms with Gasteiger partial charge in [0.1, 0.15) is 0 Å². The number of thiophene rings is 1. The molecule has 4 heteroatoms. The van der Waals surface area contributed by atoms with Crippen molar-refractivity contribution in [3.63, 3.8) is 0 Å². The predicted octanol–water partition coefficient (Wildman–Crippen LogP) is 2.59. The standard InChI is InChI=1S/C14H23NO2S/c1-14(2,3)12(16)8-9-15-13(17)7-6-11-5-4-10-18-11/h4-5,10,12,16H,6-9H2,1-3H3,(H,15,17)/t12-/m1/s1. The van der Waals surface area contributed by atoms with E-state index < -0.39 is 0 Å². The van der Waals surface area contributed by atoms with Gasteiger partial charge < -0.3 is 10.4 Å². The minimum atomic E-state index is -0.380. The van der Waals surface area contributed by atoms with Crippen molar-refractivity contribution in [1.29, 1.82) is 0 Å². The number of hydrogen-bond acceptors (Lipinski definition) is 3. The van der Waals surface area contributed by atoms with Crippen molar-refractivity contribution in [2.45, 2.75) is 46.1 Å². The van der Waals surface area contributed by atoms with E-state index in [4.69, 9.17) is 0 Å². The summed E-state index contributed by atoms with van der Waals surface area (Å²) in [7, 11) is 0. The minimum absolute atomic E-state index is 0.0597. The second kappa shape index (κ2) is 6.90. The van der Waals surface area contributed by atoms with Crippen LogP contribution in [0.1, 0.15) is 38.5 Å². The highest BCUT2D eigenvalue weighted by Gasteiger charge is 2.21. The largest absolute Gasteiger partial charge is 0.393 e. The van der Waals surface area contributed by atoms with Gasteiger partial charge >= 0.3 is 0 Å². The summed E-state index contributed by atoms with van der Waals surface area (Å²) in [5, 5.41) is 14.7. The van der Waals surface area contributed by atoms with Gasteiger partial charge in [0.15, 0.2) is 0 Å². The molecule has 0 bridgehead atoms. The van der Waals surface area contributed by atoms with Crippen LogP contribution in [0.4, 0.5) is 0 Å². The minimum Gasteiger partial charge on any atom is -0.393 e. The smallest absolute Gasteiger partial charge is 0.220 e. The second-order valence-corrected chi connectivity index (χ2v) is 6.63. The van der Waals surface area contributed by atoms with Gasteiger partial charge in [-0.3, -0.25) is 4.79 Å². The van der Waals surface area contributed by atoms with Crippen LogP contribution in [0.5, 0.6) is 0 Å². The molecule has 1 atom stereocenters. The van der Waals surface area contributed by atoms with Crippen molar-refractivity contribution < 1.29 is 9.90 Å². The van der Waals surface area contributed by atoms with E-state index in [9.17, 15) is 9.90 Å². The zero-order valence-corrected chi connectivity index (χ0v) is 12.2. The normalized spacial score (nSPS) is 13.3. The maximum Gasteiger partial charge on any atom is 0.220 e. The predicted molar refractivity (Wildman–Crippen MR) is 75.7 cm³/mol. The van der Waals surface area contributed by atoms with E-state index in [1.54, 1.807) is 11.3 Å². The Morgan fingerprint density at radius 3 is 2.78 bits per heavy atom. The molecular formula is C14H23NO2S. The van der Waals surface area contributed by atoms with Gasteiger partial charge in [-0.2, -0.15) is 0 Å². The van der Waals surface area contributed by atoms with Crippen molar-refractivity contribution >= 4 is 17.2 Å². The molecule has 0 aliphatic rings. The molecule has 0 aromatic carbocycles. The van der Waals surface area contributed by atoms with Crippen LogP contribution in [0, 0.1) is 5.41 Å². The SMILES string of the molecule is CC(C)(C)[C@H](O)CCNC(=O)CCc1cccs1. The van der Waals surface area contributed by atoms with E-state index in [0.717, 1.165) is 6.42 Å². The summed E-state index contributed by atoms with van der Waals surface area (Å²) in [6, 6.07) is 4.04. The monoisotopic (exact) mass is 269 g/mol. The molecule has 1 aromatic rings. The van der Waals surface area contributed by atoms with Crippen LogP contribution in [0.15, 0.2) is 17.5 Å². The summed E-state index contributed by atoms with van der Waals surface area (Å²) < 4.78 is 0. The molecular weight excluding hydrogens is 246 g/mol. The van der Waals surface area contributed by atoms with Crippen LogP contribution >= 0.6 is 11.3 Å². The molecule has 0 fully saturated rings. The summed E-state index contributed by atoms with van der Waals surface area (Å²) >= 11 is 1.68. The molecule has 0 unspecified atom stereocenters. The zero-order chi connectivity index (χ0) is 13.6. The van der Waals surface area contributed by atoms with Gasteiger partial charge in [-0.25, -0.2) is 0 Å². The Kier molecular flexibility index (Phi) is 5.82. The number of aliphatic hydroxyl groups is 1. The quantitative estimate of drug-likeness (QED) is 0.834. The van der Waals surface area contributed by atoms with E-state index in [1.165, 1.54) is 4.88 Å². The van der Waals surface area contributed by atoms with Gasteiger partial charge in [0, 0.05) is 17.8 Å². The van der Waals surface area contributed by atoms with Gasteiger partial charge in [-0.05, 0) is 29.7 Å². The van der Waals surface area contributed by atoms with E-state index in [-0.39, 0.29) is 17.4 Å². The number of aliphatic hydroxyl groups excluding tert-OH is 1. The van der Waals surface area contributed by atoms with Crippen molar-refractivity contribution in [3.8, 4) is 0 Å². The van der Waals surface area contributed by atoms with Crippen LogP contribution in [-0.2, 0) is 11.2 Å². The third-order valence-corrected chi connectivity index (χ3v) is 3.85. The van der Waals surface area contributed by atoms with Gasteiger partial charge in [-0.1, -0.05) is 26.8 Å². The highest BCUT2D eigenvalue weighted by molar-refractivity contribution is 7.09. The molecule has 0 saturated carbocycles. The van der Waals surface area contributed by atoms with Crippen LogP contribution in [0.2, 0.25) is 0 Å². The second-order valence-electron chi connectivity index (χ2n) is 5.60. The Labute approximate surface area is 113 Å². The fourth-order valence-corrected chi connectivity index (χ4v) is 2.27. The number of nitrogens with one attached hydrogen (secondary N) is 1. The molecule has 1 amide bonds. The first-order valence-corrected chi connectivity index (χ1v) is 7.24. The molecule has 0 saturated heterocycles. The van der Waals surface area contributed by atoms with Crippen LogP contribution in [-0.4, -0.2) is 23.7 Å². The lowest BCUT2D eigenvalue weighted by Gasteiger charge is -2.25. The summed E-state index contributed by atoms with van der Waals surface area (Å²) in [4.78, 5) is 12.8. The van der Waals surface area contributed by atoms with Crippen molar-refractivity contribution in [1.82, 2.24) is 5.32 Å². The Balaban J connectivity index is 2.14. The molecule has 18 heavy (non-hydrogen) atoms. The van der Waals surface area contributed by atoms with Crippen molar-refractivity contribution in [2.24, 2.45) is 5.41 Å². The Morgan fingerprint density at radius 2 is 2.22 bits per heavy atom. The van der Waals surface area contributed by atoms with Crippen LogP contribution < -0.4 is 5.32 Å². The average Bonchev–Trinajstić information content (AvgIpc) is 2.77. The summed E-state index contributed by atoms with van der Waals surface area (Å²) in [6.45, 7) is 6.53. The van der Waals surface area contributed by atoms with E-state index in [0.29, 0.717) is 19.4 Å². The lowest BCUT2D eigenvalue weighted by atomic mass is 9.87. The Bertz CT molecular complexity index is 354. The first-order chi connectivity index (χ1) is 8.39. The van der Waals surface area contributed by atoms with E-state index >= 15 is 0 Å². The van der Waals surface area contributed by atoms with Crippen LogP contribution in [0.3, 0.4) is 0 Å². The average molecular weight is 269 g/mol. The van der Waals surface area contributed by atoms with Gasteiger partial charge in [0.2, 0.25) is 5.91 Å². The molecule has 0 aliphatic carbocycles. The highest BCUT2D eigenvalue weighted by Crippen LogP contribution is 2.20. The molecule has 3 nitrogen and oxygen atoms in total. The molecule has 102 valence electrons. The number of amides is 1. The molecule has 0 spiro atoms. The number of aryl methyl sites for hydroxylation is 1. The van der Waals surface area contributed by atoms with E-state index in [2.05, 4.69) is 5.32 Å². The molecule has 0 radical (unpaired) electrons. The fraction of sp³-hybridized carbons (Fsp3) is 0.643. The molecule has 1 heterocycles. The fourth-order valence-electron chi connectivity index (χ4n) is 1.56. The molecule has 1 rings (SSSR count). The number of rotatable bonds is 6. The Morgan fingerprint density at radius 1 is 1.50 bits per heavy atom. The Hall–Kier alpha value is -0.870. The summed E-state index contributed by atoms with van der Waals surface area (Å²) in [6.07, 6.45) is 1.54.